The minimum Gasteiger partial charge on any atom is -0.302 e. The highest BCUT2D eigenvalue weighted by atomic mass is 32.1. The Morgan fingerprint density at radius 3 is 2.92 bits per heavy atom. The molecule has 1 aliphatic heterocycles. The number of aryl methyl sites for hydroxylation is 2. The van der Waals surface area contributed by atoms with E-state index in [1.807, 2.05) is 38.1 Å². The van der Waals surface area contributed by atoms with Crippen molar-refractivity contribution in [3.63, 3.8) is 0 Å². The first-order chi connectivity index (χ1) is 12.0. The van der Waals surface area contributed by atoms with Crippen LogP contribution in [0, 0.1) is 19.8 Å². The van der Waals surface area contributed by atoms with Crippen molar-refractivity contribution in [2.75, 3.05) is 16.8 Å². The molecule has 0 unspecified atom stereocenters. The number of aromatic nitrogens is 3. The second-order valence-corrected chi connectivity index (χ2v) is 7.35. The van der Waals surface area contributed by atoms with Gasteiger partial charge in [0.2, 0.25) is 11.8 Å². The van der Waals surface area contributed by atoms with Crippen LogP contribution in [0.3, 0.4) is 0 Å². The highest BCUT2D eigenvalue weighted by Gasteiger charge is 2.37. The molecule has 25 heavy (non-hydrogen) atoms. The number of amides is 2. The van der Waals surface area contributed by atoms with Crippen LogP contribution in [0.15, 0.2) is 24.3 Å². The molecule has 128 valence electrons. The Morgan fingerprint density at radius 2 is 2.16 bits per heavy atom. The molecule has 1 aliphatic rings. The number of anilines is 2. The molecule has 2 aromatic heterocycles. The molecule has 8 heteroatoms. The van der Waals surface area contributed by atoms with E-state index >= 15 is 0 Å². The van der Waals surface area contributed by atoms with Crippen molar-refractivity contribution in [2.24, 2.45) is 5.92 Å². The van der Waals surface area contributed by atoms with E-state index in [-0.39, 0.29) is 18.2 Å². The lowest BCUT2D eigenvalue weighted by Crippen LogP contribution is -2.28. The van der Waals surface area contributed by atoms with Crippen molar-refractivity contribution in [3.8, 4) is 0 Å². The van der Waals surface area contributed by atoms with Crippen molar-refractivity contribution < 1.29 is 9.59 Å². The Morgan fingerprint density at radius 1 is 1.36 bits per heavy atom. The number of hydrogen-bond donors (Lipinski definition) is 2. The van der Waals surface area contributed by atoms with Crippen molar-refractivity contribution in [1.29, 1.82) is 0 Å². The largest absolute Gasteiger partial charge is 0.302 e. The van der Waals surface area contributed by atoms with Gasteiger partial charge in [-0.1, -0.05) is 12.1 Å². The van der Waals surface area contributed by atoms with Gasteiger partial charge in [-0.3, -0.25) is 19.6 Å². The normalized spacial score (nSPS) is 17.4. The monoisotopic (exact) mass is 355 g/mol. The summed E-state index contributed by atoms with van der Waals surface area (Å²) in [6.45, 7) is 4.19. The number of carbonyl (C=O) groups excluding carboxylic acids is 2. The predicted molar refractivity (Wildman–Crippen MR) is 96.8 cm³/mol. The number of rotatable bonds is 3. The first-order valence-corrected chi connectivity index (χ1v) is 8.83. The van der Waals surface area contributed by atoms with Gasteiger partial charge in [0.25, 0.3) is 0 Å². The molecule has 0 radical (unpaired) electrons. The topological polar surface area (TPSA) is 91.0 Å². The van der Waals surface area contributed by atoms with Gasteiger partial charge in [-0.25, -0.2) is 4.98 Å². The van der Waals surface area contributed by atoms with Crippen LogP contribution in [0.4, 0.5) is 10.9 Å². The Bertz CT molecular complexity index is 957. The molecule has 1 atom stereocenters. The molecule has 3 heterocycles. The minimum absolute atomic E-state index is 0.0936. The maximum absolute atomic E-state index is 12.5. The fourth-order valence-corrected chi connectivity index (χ4v) is 3.79. The van der Waals surface area contributed by atoms with Crippen LogP contribution >= 0.6 is 11.3 Å². The van der Waals surface area contributed by atoms with E-state index in [1.165, 1.54) is 11.3 Å². The number of carbonyl (C=O) groups is 2. The van der Waals surface area contributed by atoms with Gasteiger partial charge in [0.15, 0.2) is 10.9 Å². The molecule has 1 fully saturated rings. The van der Waals surface area contributed by atoms with Crippen LogP contribution in [-0.4, -0.2) is 33.5 Å². The van der Waals surface area contributed by atoms with Gasteiger partial charge in [-0.15, -0.1) is 11.3 Å². The summed E-state index contributed by atoms with van der Waals surface area (Å²) < 4.78 is 0. The van der Waals surface area contributed by atoms with E-state index in [4.69, 9.17) is 0 Å². The van der Waals surface area contributed by atoms with Crippen molar-refractivity contribution in [3.05, 3.63) is 34.8 Å². The quantitative estimate of drug-likeness (QED) is 0.755. The van der Waals surface area contributed by atoms with E-state index < -0.39 is 5.92 Å². The lowest BCUT2D eigenvalue weighted by atomic mass is 10.1. The Balaban J connectivity index is 1.52. The number of nitrogens with one attached hydrogen (secondary N) is 2. The first kappa shape index (κ1) is 15.8. The van der Waals surface area contributed by atoms with Crippen LogP contribution in [0.1, 0.15) is 17.0 Å². The summed E-state index contributed by atoms with van der Waals surface area (Å²) in [5, 5.41) is 11.5. The van der Waals surface area contributed by atoms with Crippen LogP contribution in [0.2, 0.25) is 0 Å². The molecule has 1 saturated heterocycles. The average molecular weight is 355 g/mol. The molecule has 0 bridgehead atoms. The van der Waals surface area contributed by atoms with Gasteiger partial charge in [0.05, 0.1) is 17.1 Å². The third-order valence-electron chi connectivity index (χ3n) is 4.46. The standard InChI is InChI=1S/C17H17N5O2S/c1-9-10(2)25-17(18-9)19-16(24)11-7-14(23)22(8-11)15-12-5-3-4-6-13(12)20-21-15/h3-6,11H,7-8H2,1-2H3,(H,20,21)(H,18,19,24)/t11-/m0/s1. The summed E-state index contributed by atoms with van der Waals surface area (Å²) in [5.74, 6) is -0.0994. The predicted octanol–water partition coefficient (Wildman–Crippen LogP) is 2.63. The van der Waals surface area contributed by atoms with Gasteiger partial charge >= 0.3 is 0 Å². The molecular formula is C17H17N5O2S. The summed E-state index contributed by atoms with van der Waals surface area (Å²) in [4.78, 5) is 31.9. The zero-order chi connectivity index (χ0) is 17.6. The molecule has 3 aromatic rings. The highest BCUT2D eigenvalue weighted by molar-refractivity contribution is 7.15. The van der Waals surface area contributed by atoms with Crippen LogP contribution < -0.4 is 10.2 Å². The maximum atomic E-state index is 12.5. The third-order valence-corrected chi connectivity index (χ3v) is 5.45. The fourth-order valence-electron chi connectivity index (χ4n) is 2.98. The molecule has 0 spiro atoms. The van der Waals surface area contributed by atoms with Crippen LogP contribution in [-0.2, 0) is 9.59 Å². The molecule has 1 aromatic carbocycles. The van der Waals surface area contributed by atoms with E-state index in [9.17, 15) is 9.59 Å². The van der Waals surface area contributed by atoms with Gasteiger partial charge in [-0.05, 0) is 26.0 Å². The van der Waals surface area contributed by atoms with Gasteiger partial charge in [0, 0.05) is 23.2 Å². The lowest BCUT2D eigenvalue weighted by molar-refractivity contribution is -0.122. The number of aromatic amines is 1. The third kappa shape index (κ3) is 2.78. The van der Waals surface area contributed by atoms with Gasteiger partial charge in [0.1, 0.15) is 0 Å². The second-order valence-electron chi connectivity index (χ2n) is 6.15. The number of hydrogen-bond acceptors (Lipinski definition) is 5. The summed E-state index contributed by atoms with van der Waals surface area (Å²) in [5.41, 5.74) is 1.78. The van der Waals surface area contributed by atoms with Crippen LogP contribution in [0.25, 0.3) is 10.9 Å². The first-order valence-electron chi connectivity index (χ1n) is 8.01. The summed E-state index contributed by atoms with van der Waals surface area (Å²) in [6.07, 6.45) is 0.177. The average Bonchev–Trinajstić information content (AvgIpc) is 3.25. The lowest BCUT2D eigenvalue weighted by Gasteiger charge is -2.13. The summed E-state index contributed by atoms with van der Waals surface area (Å²) >= 11 is 1.44. The van der Waals surface area contributed by atoms with E-state index in [0.29, 0.717) is 17.5 Å². The summed E-state index contributed by atoms with van der Waals surface area (Å²) in [6, 6.07) is 7.63. The SMILES string of the molecule is Cc1nc(NC(=O)[C@H]2CC(=O)N(c3n[nH]c4ccccc34)C2)sc1C. The summed E-state index contributed by atoms with van der Waals surface area (Å²) in [7, 11) is 0. The van der Waals surface area contributed by atoms with Gasteiger partial charge < -0.3 is 5.32 Å². The molecule has 7 nitrogen and oxygen atoms in total. The second kappa shape index (κ2) is 5.96. The van der Waals surface area contributed by atoms with Crippen LogP contribution in [0.5, 0.6) is 0 Å². The molecular weight excluding hydrogens is 338 g/mol. The number of benzene rings is 1. The van der Waals surface area contributed by atoms with Crippen molar-refractivity contribution in [1.82, 2.24) is 15.2 Å². The highest BCUT2D eigenvalue weighted by Crippen LogP contribution is 2.30. The van der Waals surface area contributed by atoms with Crippen molar-refractivity contribution >= 4 is 45.0 Å². The number of thiazole rings is 1. The Hall–Kier alpha value is -2.74. The molecule has 2 N–H and O–H groups in total. The van der Waals surface area contributed by atoms with E-state index in [2.05, 4.69) is 20.5 Å². The zero-order valence-corrected chi connectivity index (χ0v) is 14.7. The number of para-hydroxylation sites is 1. The van der Waals surface area contributed by atoms with Gasteiger partial charge in [-0.2, -0.15) is 5.10 Å². The molecule has 0 aliphatic carbocycles. The smallest absolute Gasteiger partial charge is 0.231 e. The Labute approximate surface area is 148 Å². The van der Waals surface area contributed by atoms with Crippen molar-refractivity contribution in [2.45, 2.75) is 20.3 Å². The van der Waals surface area contributed by atoms with E-state index in [1.54, 1.807) is 4.90 Å². The maximum Gasteiger partial charge on any atom is 0.231 e. The Kier molecular flexibility index (Phi) is 3.76. The molecule has 4 rings (SSSR count). The van der Waals surface area contributed by atoms with E-state index in [0.717, 1.165) is 21.5 Å². The number of H-pyrrole nitrogens is 1. The molecule has 2 amide bonds. The molecule has 0 saturated carbocycles. The number of fused-ring (bicyclic) bond motifs is 1. The fraction of sp³-hybridized carbons (Fsp3) is 0.294. The number of nitrogens with zero attached hydrogens (tertiary/aromatic N) is 3. The minimum atomic E-state index is -0.410. The zero-order valence-electron chi connectivity index (χ0n) is 13.9.